The molecule has 0 fully saturated rings. The van der Waals surface area contributed by atoms with E-state index in [2.05, 4.69) is 250 Å². The maximum Gasteiger partial charge on any atom is 0.115 e. The maximum atomic E-state index is 4.18. The Morgan fingerprint density at radius 2 is 0.364 bits per heavy atom. The van der Waals surface area contributed by atoms with E-state index in [9.17, 15) is 0 Å². The van der Waals surface area contributed by atoms with Crippen molar-refractivity contribution in [3.63, 3.8) is 0 Å². The summed E-state index contributed by atoms with van der Waals surface area (Å²) < 4.78 is 0. The van der Waals surface area contributed by atoms with E-state index in [4.69, 9.17) is 0 Å². The zero-order valence-corrected chi connectivity index (χ0v) is 78.5. The quantitative estimate of drug-likeness (QED) is 0.132. The third-order valence-electron chi connectivity index (χ3n) is 13.6. The van der Waals surface area contributed by atoms with Crippen LogP contribution in [0, 0.1) is 0 Å². The second-order valence-corrected chi connectivity index (χ2v) is 24.5. The largest absolute Gasteiger partial charge is 0.265 e. The minimum atomic E-state index is 0.507. The summed E-state index contributed by atoms with van der Waals surface area (Å²) in [6.07, 6.45) is 27.3. The van der Waals surface area contributed by atoms with Gasteiger partial charge >= 0.3 is 0 Å². The van der Waals surface area contributed by atoms with E-state index >= 15 is 0 Å². The second-order valence-electron chi connectivity index (χ2n) is 24.5. The molecule has 0 amide bonds. The first-order chi connectivity index (χ1) is 53.0. The van der Waals surface area contributed by atoms with Crippen molar-refractivity contribution in [2.75, 3.05) is 0 Å². The minimum Gasteiger partial charge on any atom is -0.265 e. The summed E-state index contributed by atoms with van der Waals surface area (Å²) in [7, 11) is 0. The zero-order chi connectivity index (χ0) is 86.9. The lowest BCUT2D eigenvalue weighted by atomic mass is 10.0. The number of hydrogen-bond acceptors (Lipinski definition) is 9. The second kappa shape index (κ2) is 96.6. The van der Waals surface area contributed by atoms with Gasteiger partial charge in [0.15, 0.2) is 0 Å². The van der Waals surface area contributed by atoms with Gasteiger partial charge in [-0.15, -0.1) is 0 Å². The van der Waals surface area contributed by atoms with Gasteiger partial charge < -0.3 is 0 Å². The highest BCUT2D eigenvalue weighted by molar-refractivity contribution is 5.20. The molecule has 0 radical (unpaired) electrons. The van der Waals surface area contributed by atoms with Crippen LogP contribution < -0.4 is 0 Å². The highest BCUT2D eigenvalue weighted by Gasteiger charge is 2.01. The average molecular weight is 1510 g/mol. The van der Waals surface area contributed by atoms with Gasteiger partial charge in [-0.2, -0.15) is 0 Å². The first-order valence-electron chi connectivity index (χ1n) is 42.2. The Morgan fingerprint density at radius 1 is 0.155 bits per heavy atom. The fourth-order valence-corrected chi connectivity index (χ4v) is 7.43. The Morgan fingerprint density at radius 3 is 0.500 bits per heavy atom. The number of rotatable bonds is 10. The summed E-state index contributed by atoms with van der Waals surface area (Å²) in [5, 5.41) is 0. The van der Waals surface area contributed by atoms with Gasteiger partial charge in [-0.1, -0.05) is 362 Å². The van der Waals surface area contributed by atoms with Gasteiger partial charge in [0.1, 0.15) is 6.33 Å². The van der Waals surface area contributed by atoms with Crippen LogP contribution in [0.4, 0.5) is 0 Å². The van der Waals surface area contributed by atoms with Crippen molar-refractivity contribution in [1.29, 1.82) is 0 Å². The molecule has 0 unspecified atom stereocenters. The van der Waals surface area contributed by atoms with Crippen LogP contribution in [0.25, 0.3) is 0 Å². The standard InChI is InChI=1S/2C9H12.7C8H11N.C7H10N2.10C2H6/c2*1-8(2)9-6-4-3-5-7-9;3*1-7(2)8-3-5-9-6-4-8;3*1-7(2)8-4-3-5-9-6-8;1-7(2)8-5-3-4-6-9-8;1-6(2)7-3-4-8-5-9-7;10*1-2/h2*3-8H,1-2H3;7*3-7H,1-2H3;3-6H,1-2H3;10*1-2H3. The molecule has 8 heterocycles. The van der Waals surface area contributed by atoms with E-state index in [0.29, 0.717) is 59.2 Å². The molecule has 0 aliphatic carbocycles. The molecule has 0 aliphatic heterocycles. The predicted molar refractivity (Wildman–Crippen MR) is 499 cm³/mol. The van der Waals surface area contributed by atoms with Crippen molar-refractivity contribution in [2.45, 2.75) is 336 Å². The van der Waals surface area contributed by atoms with Gasteiger partial charge in [0.05, 0.1) is 0 Å². The van der Waals surface area contributed by atoms with Crippen LogP contribution in [0.2, 0.25) is 0 Å². The first-order valence-corrected chi connectivity index (χ1v) is 42.2. The summed E-state index contributed by atoms with van der Waals surface area (Å²) in [6, 6.07) is 53.4. The molecule has 9 nitrogen and oxygen atoms in total. The molecule has 0 aliphatic rings. The molecule has 8 aromatic heterocycles. The maximum absolute atomic E-state index is 4.18. The number of aromatic nitrogens is 9. The van der Waals surface area contributed by atoms with Crippen LogP contribution in [0.5, 0.6) is 0 Å². The fraction of sp³-hybridized carbons (Fsp3) is 0.495. The lowest BCUT2D eigenvalue weighted by molar-refractivity contribution is 0.814. The molecular weight excluding hydrogens is 1340 g/mol. The number of nitrogens with zero attached hydrogens (tertiary/aromatic N) is 9. The van der Waals surface area contributed by atoms with E-state index in [0.717, 1.165) is 11.4 Å². The molecule has 9 heteroatoms. The Balaban J connectivity index is -0.000000123. The summed E-state index contributed by atoms with van der Waals surface area (Å²) in [5.41, 5.74) is 13.1. The van der Waals surface area contributed by atoms with Gasteiger partial charge in [0.25, 0.3) is 0 Å². The Kier molecular flexibility index (Phi) is 108. The van der Waals surface area contributed by atoms with Gasteiger partial charge in [-0.05, 0) is 176 Å². The molecule has 0 saturated heterocycles. The number of hydrogen-bond donors (Lipinski definition) is 0. The van der Waals surface area contributed by atoms with E-state index in [1.54, 1.807) is 31.1 Å². The molecular formula is C101H171N9. The van der Waals surface area contributed by atoms with Crippen LogP contribution in [0.3, 0.4) is 0 Å². The molecule has 0 atom stereocenters. The molecule has 2 aromatic carbocycles. The molecule has 110 heavy (non-hydrogen) atoms. The smallest absolute Gasteiger partial charge is 0.115 e. The van der Waals surface area contributed by atoms with E-state index < -0.39 is 0 Å². The summed E-state index contributed by atoms with van der Waals surface area (Å²) in [5.74, 6) is 6.02. The average Bonchev–Trinajstić information content (AvgIpc) is 1.12. The molecule has 0 bridgehead atoms. The SMILES string of the molecule is CC.CC.CC.CC.CC.CC.CC.CC.CC.CC.CC(C)c1ccccc1.CC(C)c1ccccc1.CC(C)c1ccccn1.CC(C)c1cccnc1.CC(C)c1cccnc1.CC(C)c1cccnc1.CC(C)c1ccncc1.CC(C)c1ccncc1.CC(C)c1ccncc1.CC(C)c1ccncn1. The molecule has 0 saturated carbocycles. The molecule has 620 valence electrons. The normalized spacial score (nSPS) is 8.82. The fourth-order valence-electron chi connectivity index (χ4n) is 7.43. The zero-order valence-electron chi connectivity index (χ0n) is 78.5. The van der Waals surface area contributed by atoms with Gasteiger partial charge in [0.2, 0.25) is 0 Å². The van der Waals surface area contributed by atoms with Crippen LogP contribution >= 0.6 is 0 Å². The third kappa shape index (κ3) is 77.7. The van der Waals surface area contributed by atoms with Crippen LogP contribution in [0.15, 0.2) is 251 Å². The summed E-state index contributed by atoms with van der Waals surface area (Å²) >= 11 is 0. The predicted octanol–water partition coefficient (Wildman–Crippen LogP) is 32.9. The van der Waals surface area contributed by atoms with Crippen molar-refractivity contribution in [3.05, 3.63) is 307 Å². The lowest BCUT2D eigenvalue weighted by Crippen LogP contribution is -1.90. The lowest BCUT2D eigenvalue weighted by Gasteiger charge is -2.01. The molecule has 10 rings (SSSR count). The van der Waals surface area contributed by atoms with Gasteiger partial charge in [-0.3, -0.25) is 34.9 Å². The Labute approximate surface area is 683 Å². The van der Waals surface area contributed by atoms with Crippen LogP contribution in [-0.2, 0) is 0 Å². The minimum absolute atomic E-state index is 0.507. The summed E-state index contributed by atoms with van der Waals surface area (Å²) in [6.45, 7) is 83.4. The topological polar surface area (TPSA) is 116 Å². The van der Waals surface area contributed by atoms with E-state index in [-0.39, 0.29) is 0 Å². The highest BCUT2D eigenvalue weighted by Crippen LogP contribution is 2.17. The van der Waals surface area contributed by atoms with Crippen molar-refractivity contribution in [3.8, 4) is 0 Å². The van der Waals surface area contributed by atoms with Crippen molar-refractivity contribution in [1.82, 2.24) is 44.9 Å². The van der Waals surface area contributed by atoms with Crippen LogP contribution in [0.1, 0.15) is 392 Å². The van der Waals surface area contributed by atoms with E-state index in [1.807, 2.05) is 291 Å². The Bertz CT molecular complexity index is 2390. The van der Waals surface area contributed by atoms with Crippen molar-refractivity contribution < 1.29 is 0 Å². The van der Waals surface area contributed by atoms with E-state index in [1.165, 1.54) is 44.5 Å². The first kappa shape index (κ1) is 123. The number of benzene rings is 2. The third-order valence-corrected chi connectivity index (χ3v) is 13.6. The van der Waals surface area contributed by atoms with Gasteiger partial charge in [-0.25, -0.2) is 9.97 Å². The van der Waals surface area contributed by atoms with Crippen LogP contribution in [-0.4, -0.2) is 44.9 Å². The van der Waals surface area contributed by atoms with Crippen molar-refractivity contribution in [2.24, 2.45) is 0 Å². The Hall–Kier alpha value is -8.43. The molecule has 0 spiro atoms. The molecule has 0 N–H and O–H groups in total. The monoisotopic (exact) mass is 1510 g/mol. The van der Waals surface area contributed by atoms with Gasteiger partial charge in [0, 0.05) is 98.1 Å². The highest BCUT2D eigenvalue weighted by atomic mass is 14.8. The number of pyridine rings is 7. The molecule has 10 aromatic rings. The summed E-state index contributed by atoms with van der Waals surface area (Å²) in [4.78, 5) is 35.9. The van der Waals surface area contributed by atoms with Crippen molar-refractivity contribution >= 4 is 0 Å².